The van der Waals surface area contributed by atoms with Gasteiger partial charge in [0.1, 0.15) is 0 Å². The first-order valence-electron chi connectivity index (χ1n) is 8.40. The van der Waals surface area contributed by atoms with E-state index in [2.05, 4.69) is 63.8 Å². The van der Waals surface area contributed by atoms with E-state index < -0.39 is 0 Å². The van der Waals surface area contributed by atoms with Crippen molar-refractivity contribution in [3.8, 4) is 0 Å². The van der Waals surface area contributed by atoms with Crippen LogP contribution in [0.4, 0.5) is 0 Å². The maximum absolute atomic E-state index is 3.85. The lowest BCUT2D eigenvalue weighted by atomic mass is 9.87. The average molecular weight is 306 g/mol. The van der Waals surface area contributed by atoms with Gasteiger partial charge < -0.3 is 5.32 Å². The van der Waals surface area contributed by atoms with Crippen molar-refractivity contribution >= 4 is 11.8 Å². The number of rotatable bonds is 6. The van der Waals surface area contributed by atoms with Gasteiger partial charge in [0.25, 0.3) is 0 Å². The summed E-state index contributed by atoms with van der Waals surface area (Å²) in [6.07, 6.45) is 5.10. The molecule has 2 unspecified atom stereocenters. The van der Waals surface area contributed by atoms with Crippen LogP contribution in [0.5, 0.6) is 0 Å². The Morgan fingerprint density at radius 2 is 1.90 bits per heavy atom. The largest absolute Gasteiger partial charge is 0.312 e. The predicted molar refractivity (Wildman–Crippen MR) is 96.5 cm³/mol. The molecule has 1 saturated heterocycles. The number of nitrogens with one attached hydrogen (secondary N) is 1. The molecule has 0 aromatic heterocycles. The fourth-order valence-corrected chi connectivity index (χ4v) is 5.05. The highest BCUT2D eigenvalue weighted by Gasteiger charge is 2.37. The molecule has 2 heteroatoms. The van der Waals surface area contributed by atoms with Crippen molar-refractivity contribution in [2.24, 2.45) is 0 Å². The Bertz CT molecular complexity index is 451. The van der Waals surface area contributed by atoms with E-state index in [-0.39, 0.29) is 0 Å². The lowest BCUT2D eigenvalue weighted by molar-refractivity contribution is 0.398. The monoisotopic (exact) mass is 305 g/mol. The Morgan fingerprint density at radius 3 is 2.43 bits per heavy atom. The molecule has 1 aromatic rings. The molecule has 0 aliphatic carbocycles. The zero-order valence-electron chi connectivity index (χ0n) is 14.4. The van der Waals surface area contributed by atoms with Crippen LogP contribution in [0.2, 0.25) is 0 Å². The van der Waals surface area contributed by atoms with Gasteiger partial charge in [0.15, 0.2) is 0 Å². The van der Waals surface area contributed by atoms with Gasteiger partial charge in [-0.3, -0.25) is 0 Å². The van der Waals surface area contributed by atoms with Crippen molar-refractivity contribution in [1.29, 1.82) is 0 Å². The summed E-state index contributed by atoms with van der Waals surface area (Å²) in [6.45, 7) is 12.6. The van der Waals surface area contributed by atoms with Crippen LogP contribution < -0.4 is 5.32 Å². The lowest BCUT2D eigenvalue weighted by Gasteiger charge is -2.35. The van der Waals surface area contributed by atoms with E-state index in [1.165, 1.54) is 48.1 Å². The number of thioether (sulfide) groups is 1. The highest BCUT2D eigenvalue weighted by molar-refractivity contribution is 8.00. The van der Waals surface area contributed by atoms with E-state index in [4.69, 9.17) is 0 Å². The molecule has 0 bridgehead atoms. The molecule has 118 valence electrons. The Balaban J connectivity index is 2.22. The van der Waals surface area contributed by atoms with Crippen LogP contribution in [0, 0.1) is 20.8 Å². The summed E-state index contributed by atoms with van der Waals surface area (Å²) in [5.74, 6) is 1.33. The zero-order valence-corrected chi connectivity index (χ0v) is 15.2. The molecule has 0 saturated carbocycles. The van der Waals surface area contributed by atoms with Crippen LogP contribution in [0.1, 0.15) is 55.4 Å². The molecule has 1 aromatic carbocycles. The first-order valence-corrected chi connectivity index (χ1v) is 9.39. The first kappa shape index (κ1) is 16.9. The van der Waals surface area contributed by atoms with E-state index in [1.807, 2.05) is 0 Å². The summed E-state index contributed by atoms with van der Waals surface area (Å²) in [7, 11) is 0. The Kier molecular flexibility index (Phi) is 5.79. The quantitative estimate of drug-likeness (QED) is 0.809. The van der Waals surface area contributed by atoms with Gasteiger partial charge in [0.05, 0.1) is 0 Å². The van der Waals surface area contributed by atoms with Gasteiger partial charge in [-0.25, -0.2) is 0 Å². The first-order chi connectivity index (χ1) is 9.96. The van der Waals surface area contributed by atoms with E-state index >= 15 is 0 Å². The van der Waals surface area contributed by atoms with Crippen LogP contribution in [0.25, 0.3) is 0 Å². The van der Waals surface area contributed by atoms with Crippen LogP contribution in [0.15, 0.2) is 12.1 Å². The molecule has 1 heterocycles. The van der Waals surface area contributed by atoms with E-state index in [9.17, 15) is 0 Å². The molecular formula is C19H31NS. The molecule has 2 atom stereocenters. The minimum Gasteiger partial charge on any atom is -0.312 e. The lowest BCUT2D eigenvalue weighted by Crippen LogP contribution is -2.47. The van der Waals surface area contributed by atoms with Crippen LogP contribution in [0.3, 0.4) is 0 Å². The summed E-state index contributed by atoms with van der Waals surface area (Å²) in [5.41, 5.74) is 5.86. The highest BCUT2D eigenvalue weighted by Crippen LogP contribution is 2.41. The molecule has 0 spiro atoms. The molecule has 2 rings (SSSR count). The predicted octanol–water partition coefficient (Wildman–Crippen LogP) is 4.81. The third-order valence-corrected chi connectivity index (χ3v) is 6.52. The second-order valence-corrected chi connectivity index (χ2v) is 8.48. The Labute approximate surface area is 135 Å². The van der Waals surface area contributed by atoms with E-state index in [0.717, 1.165) is 6.54 Å². The van der Waals surface area contributed by atoms with Crippen molar-refractivity contribution < 1.29 is 0 Å². The molecule has 1 nitrogen and oxygen atoms in total. The topological polar surface area (TPSA) is 12.0 Å². The normalized spacial score (nSPS) is 23.5. The standard InChI is InChI=1S/C19H31NS/c1-6-9-20-18(19(5)8-7-10-21-19)13-17-15(3)11-14(2)12-16(17)4/h11-12,18,20H,6-10,13H2,1-5H3. The minimum absolute atomic E-state index is 0.402. The van der Waals surface area contributed by atoms with Crippen LogP contribution in [-0.4, -0.2) is 23.1 Å². The second kappa shape index (κ2) is 7.19. The number of aryl methyl sites for hydroxylation is 3. The Morgan fingerprint density at radius 1 is 1.24 bits per heavy atom. The summed E-state index contributed by atoms with van der Waals surface area (Å²) < 4.78 is 0.402. The molecular weight excluding hydrogens is 274 g/mol. The van der Waals surface area contributed by atoms with Crippen molar-refractivity contribution in [2.75, 3.05) is 12.3 Å². The van der Waals surface area contributed by atoms with Gasteiger partial charge in [0.2, 0.25) is 0 Å². The van der Waals surface area contributed by atoms with Crippen molar-refractivity contribution in [3.05, 3.63) is 34.4 Å². The summed E-state index contributed by atoms with van der Waals surface area (Å²) >= 11 is 2.17. The van der Waals surface area contributed by atoms with Gasteiger partial charge in [-0.15, -0.1) is 0 Å². The fourth-order valence-electron chi connectivity index (χ4n) is 3.63. The molecule has 1 fully saturated rings. The smallest absolute Gasteiger partial charge is 0.0288 e. The molecule has 1 N–H and O–H groups in total. The Hall–Kier alpha value is -0.470. The average Bonchev–Trinajstić information content (AvgIpc) is 2.85. The molecule has 21 heavy (non-hydrogen) atoms. The summed E-state index contributed by atoms with van der Waals surface area (Å²) in [5, 5.41) is 3.85. The van der Waals surface area contributed by atoms with Crippen LogP contribution >= 0.6 is 11.8 Å². The highest BCUT2D eigenvalue weighted by atomic mass is 32.2. The molecule has 0 radical (unpaired) electrons. The fraction of sp³-hybridized carbons (Fsp3) is 0.684. The van der Waals surface area contributed by atoms with E-state index in [0.29, 0.717) is 10.8 Å². The van der Waals surface area contributed by atoms with Gasteiger partial charge in [-0.2, -0.15) is 11.8 Å². The molecule has 1 aliphatic rings. The maximum atomic E-state index is 3.85. The third-order valence-electron chi connectivity index (χ3n) is 4.88. The summed E-state index contributed by atoms with van der Waals surface area (Å²) in [4.78, 5) is 0. The van der Waals surface area contributed by atoms with Crippen molar-refractivity contribution in [1.82, 2.24) is 5.32 Å². The van der Waals surface area contributed by atoms with Crippen molar-refractivity contribution in [2.45, 2.75) is 71.1 Å². The number of hydrogen-bond donors (Lipinski definition) is 1. The third kappa shape index (κ3) is 4.04. The van der Waals surface area contributed by atoms with E-state index in [1.54, 1.807) is 5.56 Å². The molecule has 1 aliphatic heterocycles. The molecule has 0 amide bonds. The zero-order chi connectivity index (χ0) is 15.5. The number of benzene rings is 1. The van der Waals surface area contributed by atoms with Gasteiger partial charge in [-0.05, 0) is 82.4 Å². The number of hydrogen-bond acceptors (Lipinski definition) is 2. The van der Waals surface area contributed by atoms with Gasteiger partial charge >= 0.3 is 0 Å². The maximum Gasteiger partial charge on any atom is 0.0288 e. The minimum atomic E-state index is 0.402. The van der Waals surface area contributed by atoms with Gasteiger partial charge in [0, 0.05) is 10.8 Å². The SMILES string of the molecule is CCCNC(Cc1c(C)cc(C)cc1C)C1(C)CCCS1. The van der Waals surface area contributed by atoms with Gasteiger partial charge in [-0.1, -0.05) is 24.6 Å². The van der Waals surface area contributed by atoms with Crippen molar-refractivity contribution in [3.63, 3.8) is 0 Å². The second-order valence-electron chi connectivity index (χ2n) is 6.85. The summed E-state index contributed by atoms with van der Waals surface area (Å²) in [6, 6.07) is 5.26. The van der Waals surface area contributed by atoms with Crippen LogP contribution in [-0.2, 0) is 6.42 Å².